The Hall–Kier alpha value is -3.76. The number of imide groups is 2. The largest absolute Gasteiger partial charge is 0.490 e. The molecule has 0 saturated carbocycles. The number of nitrogens with zero attached hydrogens (tertiary/aromatic N) is 1. The van der Waals surface area contributed by atoms with Gasteiger partial charge in [-0.05, 0) is 54.8 Å². The molecule has 1 N–H and O–H groups in total. The van der Waals surface area contributed by atoms with Crippen molar-refractivity contribution >= 4 is 41.2 Å². The first-order valence-corrected chi connectivity index (χ1v) is 10.3. The molecule has 1 saturated heterocycles. The highest BCUT2D eigenvalue weighted by atomic mass is 35.5. The third-order valence-electron chi connectivity index (χ3n) is 4.65. The van der Waals surface area contributed by atoms with Crippen molar-refractivity contribution in [3.63, 3.8) is 0 Å². The predicted molar refractivity (Wildman–Crippen MR) is 122 cm³/mol. The summed E-state index contributed by atoms with van der Waals surface area (Å²) in [5.41, 5.74) is 1.60. The molecule has 0 unspecified atom stereocenters. The van der Waals surface area contributed by atoms with Crippen LogP contribution in [-0.2, 0) is 16.0 Å². The molecular formula is C24H21ClN2O5. The number of carbonyl (C=O) groups excluding carboxylic acids is 3. The minimum Gasteiger partial charge on any atom is -0.490 e. The Labute approximate surface area is 190 Å². The minimum absolute atomic E-state index is 0.00495. The number of halogens is 1. The molecule has 2 aromatic carbocycles. The van der Waals surface area contributed by atoms with Crippen LogP contribution in [0.15, 0.2) is 42.0 Å². The van der Waals surface area contributed by atoms with Crippen molar-refractivity contribution in [1.82, 2.24) is 5.32 Å². The number of aryl methyl sites for hydroxylation is 1. The summed E-state index contributed by atoms with van der Waals surface area (Å²) in [6, 6.07) is 9.23. The minimum atomic E-state index is -0.813. The third kappa shape index (κ3) is 4.76. The Morgan fingerprint density at radius 1 is 1.12 bits per heavy atom. The highest BCUT2D eigenvalue weighted by molar-refractivity contribution is 6.39. The number of terminal acetylenes is 1. The molecule has 0 atom stereocenters. The summed E-state index contributed by atoms with van der Waals surface area (Å²) in [4.78, 5) is 38.8. The van der Waals surface area contributed by atoms with Crippen LogP contribution in [0.1, 0.15) is 25.0 Å². The number of hydrogen-bond acceptors (Lipinski definition) is 5. The fourth-order valence-electron chi connectivity index (χ4n) is 3.13. The van der Waals surface area contributed by atoms with Crippen LogP contribution in [0, 0.1) is 12.3 Å². The highest BCUT2D eigenvalue weighted by Crippen LogP contribution is 2.37. The fourth-order valence-corrected chi connectivity index (χ4v) is 3.40. The van der Waals surface area contributed by atoms with E-state index in [2.05, 4.69) is 11.2 Å². The van der Waals surface area contributed by atoms with Crippen LogP contribution in [0.25, 0.3) is 6.08 Å². The van der Waals surface area contributed by atoms with Crippen LogP contribution < -0.4 is 19.7 Å². The van der Waals surface area contributed by atoms with Gasteiger partial charge in [-0.15, -0.1) is 6.42 Å². The lowest BCUT2D eigenvalue weighted by atomic mass is 10.1. The van der Waals surface area contributed by atoms with Gasteiger partial charge in [0.25, 0.3) is 11.8 Å². The zero-order chi connectivity index (χ0) is 23.3. The van der Waals surface area contributed by atoms with E-state index in [9.17, 15) is 14.4 Å². The van der Waals surface area contributed by atoms with E-state index in [1.165, 1.54) is 12.1 Å². The van der Waals surface area contributed by atoms with Crippen molar-refractivity contribution in [1.29, 1.82) is 0 Å². The molecule has 1 aliphatic heterocycles. The Kier molecular flexibility index (Phi) is 7.18. The summed E-state index contributed by atoms with van der Waals surface area (Å²) in [5, 5.41) is 2.40. The molecule has 7 nitrogen and oxygen atoms in total. The molecule has 1 fully saturated rings. The summed E-state index contributed by atoms with van der Waals surface area (Å²) in [5.74, 6) is 1.38. The number of hydrogen-bond donors (Lipinski definition) is 1. The second-order valence-corrected chi connectivity index (χ2v) is 7.14. The Balaban J connectivity index is 2.00. The molecule has 0 bridgehead atoms. The molecule has 0 radical (unpaired) electrons. The van der Waals surface area contributed by atoms with Gasteiger partial charge in [0.15, 0.2) is 11.5 Å². The first-order valence-electron chi connectivity index (χ1n) is 9.92. The summed E-state index contributed by atoms with van der Waals surface area (Å²) in [6.07, 6.45) is 7.40. The van der Waals surface area contributed by atoms with Crippen LogP contribution in [0.3, 0.4) is 0 Å². The Bertz CT molecular complexity index is 1130. The van der Waals surface area contributed by atoms with Gasteiger partial charge < -0.3 is 9.47 Å². The lowest BCUT2D eigenvalue weighted by Gasteiger charge is -2.26. The van der Waals surface area contributed by atoms with Crippen LogP contribution in [-0.4, -0.2) is 31.1 Å². The molecule has 4 amide bonds. The zero-order valence-corrected chi connectivity index (χ0v) is 18.4. The summed E-state index contributed by atoms with van der Waals surface area (Å²) < 4.78 is 11.0. The maximum absolute atomic E-state index is 13.1. The number of urea groups is 1. The number of rotatable bonds is 7. The molecule has 0 aliphatic carbocycles. The van der Waals surface area contributed by atoms with E-state index in [1.54, 1.807) is 25.1 Å². The average Bonchev–Trinajstić information content (AvgIpc) is 2.76. The number of carbonyl (C=O) groups is 3. The van der Waals surface area contributed by atoms with Crippen LogP contribution >= 0.6 is 11.6 Å². The topological polar surface area (TPSA) is 84.9 Å². The van der Waals surface area contributed by atoms with Gasteiger partial charge in [-0.1, -0.05) is 36.6 Å². The molecular weight excluding hydrogens is 432 g/mol. The van der Waals surface area contributed by atoms with Gasteiger partial charge >= 0.3 is 6.03 Å². The van der Waals surface area contributed by atoms with Crippen molar-refractivity contribution in [2.24, 2.45) is 0 Å². The van der Waals surface area contributed by atoms with Gasteiger partial charge in [0.2, 0.25) is 0 Å². The second-order valence-electron chi connectivity index (χ2n) is 6.73. The zero-order valence-electron chi connectivity index (χ0n) is 17.6. The molecule has 0 aromatic heterocycles. The molecule has 164 valence electrons. The van der Waals surface area contributed by atoms with Crippen molar-refractivity contribution in [2.45, 2.75) is 20.3 Å². The maximum atomic E-state index is 13.1. The summed E-state index contributed by atoms with van der Waals surface area (Å²) in [6.45, 7) is 4.11. The van der Waals surface area contributed by atoms with Crippen LogP contribution in [0.2, 0.25) is 5.02 Å². The fraction of sp³-hybridized carbons (Fsp3) is 0.208. The molecule has 3 rings (SSSR count). The van der Waals surface area contributed by atoms with E-state index < -0.39 is 17.8 Å². The first kappa shape index (κ1) is 22.9. The molecule has 32 heavy (non-hydrogen) atoms. The summed E-state index contributed by atoms with van der Waals surface area (Å²) >= 11 is 6.32. The van der Waals surface area contributed by atoms with Crippen molar-refractivity contribution in [3.8, 4) is 23.8 Å². The van der Waals surface area contributed by atoms with Gasteiger partial charge in [0, 0.05) is 0 Å². The normalized spacial score (nSPS) is 14.9. The van der Waals surface area contributed by atoms with E-state index in [0.29, 0.717) is 23.6 Å². The molecule has 1 aliphatic rings. The lowest BCUT2D eigenvalue weighted by molar-refractivity contribution is -0.122. The van der Waals surface area contributed by atoms with Gasteiger partial charge in [0.05, 0.1) is 17.3 Å². The average molecular weight is 453 g/mol. The van der Waals surface area contributed by atoms with Crippen molar-refractivity contribution in [2.75, 3.05) is 18.1 Å². The van der Waals surface area contributed by atoms with Gasteiger partial charge in [-0.2, -0.15) is 0 Å². The molecule has 8 heteroatoms. The summed E-state index contributed by atoms with van der Waals surface area (Å²) in [7, 11) is 0. The van der Waals surface area contributed by atoms with E-state index in [0.717, 1.165) is 16.9 Å². The van der Waals surface area contributed by atoms with Crippen molar-refractivity contribution in [3.05, 3.63) is 58.1 Å². The maximum Gasteiger partial charge on any atom is 0.335 e. The van der Waals surface area contributed by atoms with Crippen molar-refractivity contribution < 1.29 is 23.9 Å². The van der Waals surface area contributed by atoms with Crippen LogP contribution in [0.5, 0.6) is 11.5 Å². The number of barbiturate groups is 1. The quantitative estimate of drug-likeness (QED) is 0.390. The smallest absolute Gasteiger partial charge is 0.335 e. The second kappa shape index (κ2) is 10.0. The number of anilines is 1. The van der Waals surface area contributed by atoms with Gasteiger partial charge in [0.1, 0.15) is 12.2 Å². The molecule has 1 heterocycles. The van der Waals surface area contributed by atoms with Gasteiger partial charge in [-0.25, -0.2) is 9.69 Å². The monoisotopic (exact) mass is 452 g/mol. The third-order valence-corrected chi connectivity index (χ3v) is 4.93. The van der Waals surface area contributed by atoms with Gasteiger partial charge in [-0.3, -0.25) is 14.9 Å². The highest BCUT2D eigenvalue weighted by Gasteiger charge is 2.36. The number of ether oxygens (including phenoxy) is 2. The number of nitrogens with one attached hydrogen (secondary N) is 1. The standard InChI is InChI=1S/C24H21ClN2O5/c1-4-11-32-21-19(25)13-16(14-20(21)31-6-3)12-18-22(28)26-24(30)27(23(18)29)17-9-7-15(5-2)8-10-17/h1,7-10,12-14H,5-6,11H2,2-3H3,(H,26,28,30)/b18-12-. The predicted octanol–water partition coefficient (Wildman–Crippen LogP) is 3.98. The van der Waals surface area contributed by atoms with E-state index in [1.807, 2.05) is 19.1 Å². The van der Waals surface area contributed by atoms with E-state index >= 15 is 0 Å². The number of benzene rings is 2. The Morgan fingerprint density at radius 2 is 1.84 bits per heavy atom. The first-order chi connectivity index (χ1) is 15.4. The lowest BCUT2D eigenvalue weighted by Crippen LogP contribution is -2.54. The van der Waals surface area contributed by atoms with E-state index in [-0.39, 0.29) is 23.0 Å². The SMILES string of the molecule is C#CCOc1c(Cl)cc(/C=C2/C(=O)NC(=O)N(c3ccc(CC)cc3)C2=O)cc1OCC. The molecule has 2 aromatic rings. The van der Waals surface area contributed by atoms with E-state index in [4.69, 9.17) is 27.5 Å². The Morgan fingerprint density at radius 3 is 2.47 bits per heavy atom. The van der Waals surface area contributed by atoms with Crippen LogP contribution in [0.4, 0.5) is 10.5 Å². The number of amides is 4. The molecule has 0 spiro atoms.